The van der Waals surface area contributed by atoms with E-state index in [1.165, 1.54) is 0 Å². The molecule has 20 heavy (non-hydrogen) atoms. The first kappa shape index (κ1) is 14.6. The van der Waals surface area contributed by atoms with Crippen LogP contribution in [0.25, 0.3) is 0 Å². The van der Waals surface area contributed by atoms with Crippen LogP contribution in [0.15, 0.2) is 18.2 Å². The summed E-state index contributed by atoms with van der Waals surface area (Å²) in [5.74, 6) is -0.333. The number of carbonyl (C=O) groups is 1. The highest BCUT2D eigenvalue weighted by molar-refractivity contribution is 7.90. The van der Waals surface area contributed by atoms with Crippen LogP contribution in [0.5, 0.6) is 0 Å². The molecule has 1 aliphatic heterocycles. The molecule has 1 aliphatic rings. The summed E-state index contributed by atoms with van der Waals surface area (Å²) < 4.78 is 22.4. The van der Waals surface area contributed by atoms with Crippen molar-refractivity contribution in [2.75, 3.05) is 35.7 Å². The van der Waals surface area contributed by atoms with E-state index >= 15 is 0 Å². The lowest BCUT2D eigenvalue weighted by Crippen LogP contribution is -2.37. The van der Waals surface area contributed by atoms with Gasteiger partial charge in [-0.05, 0) is 25.1 Å². The second kappa shape index (κ2) is 5.70. The predicted octanol–water partition coefficient (Wildman–Crippen LogP) is 0.687. The van der Waals surface area contributed by atoms with Crippen molar-refractivity contribution in [1.29, 1.82) is 0 Å². The van der Waals surface area contributed by atoms with Crippen LogP contribution in [0, 0.1) is 0 Å². The molecule has 2 rings (SSSR count). The van der Waals surface area contributed by atoms with Crippen LogP contribution >= 0.6 is 0 Å². The topological polar surface area (TPSA) is 87.3 Å². The van der Waals surface area contributed by atoms with E-state index in [0.29, 0.717) is 5.56 Å². The van der Waals surface area contributed by atoms with Crippen LogP contribution in [0.1, 0.15) is 17.3 Å². The summed E-state index contributed by atoms with van der Waals surface area (Å²) >= 11 is 0. The quantitative estimate of drug-likeness (QED) is 0.761. The fourth-order valence-corrected chi connectivity index (χ4v) is 3.17. The van der Waals surface area contributed by atoms with E-state index in [1.807, 2.05) is 6.07 Å². The number of hydrogen-bond donors (Lipinski definition) is 3. The first-order valence-electron chi connectivity index (χ1n) is 6.45. The fourth-order valence-electron chi connectivity index (χ4n) is 2.18. The molecule has 110 valence electrons. The lowest BCUT2D eigenvalue weighted by molar-refractivity contribution is 0.0943. The summed E-state index contributed by atoms with van der Waals surface area (Å²) in [5, 5.41) is 9.13. The molecule has 0 aromatic heterocycles. The molecule has 0 radical (unpaired) electrons. The Kier molecular flexibility index (Phi) is 4.17. The molecule has 1 heterocycles. The van der Waals surface area contributed by atoms with Crippen molar-refractivity contribution in [3.05, 3.63) is 23.8 Å². The fraction of sp³-hybridized carbons (Fsp3) is 0.462. The molecule has 0 saturated carbocycles. The number of anilines is 2. The number of sulfone groups is 1. The first-order chi connectivity index (χ1) is 9.35. The van der Waals surface area contributed by atoms with Crippen molar-refractivity contribution in [1.82, 2.24) is 5.32 Å². The molecule has 6 nitrogen and oxygen atoms in total. The molecule has 1 unspecified atom stereocenters. The Bertz CT molecular complexity index is 613. The smallest absolute Gasteiger partial charge is 0.251 e. The van der Waals surface area contributed by atoms with Crippen molar-refractivity contribution in [3.63, 3.8) is 0 Å². The van der Waals surface area contributed by atoms with Gasteiger partial charge in [-0.15, -0.1) is 0 Å². The van der Waals surface area contributed by atoms with Crippen molar-refractivity contribution in [2.24, 2.45) is 0 Å². The van der Waals surface area contributed by atoms with Crippen LogP contribution in [0.4, 0.5) is 11.4 Å². The molecule has 0 fully saturated rings. The Labute approximate surface area is 118 Å². The van der Waals surface area contributed by atoms with Gasteiger partial charge in [0.15, 0.2) is 0 Å². The minimum atomic E-state index is -3.10. The normalized spacial score (nSPS) is 15.5. The minimum absolute atomic E-state index is 0.0660. The summed E-state index contributed by atoms with van der Waals surface area (Å²) in [4.78, 5) is 12.1. The Hall–Kier alpha value is -1.76. The van der Waals surface area contributed by atoms with Gasteiger partial charge in [0.1, 0.15) is 9.84 Å². The van der Waals surface area contributed by atoms with Crippen LogP contribution in [-0.2, 0) is 9.84 Å². The van der Waals surface area contributed by atoms with Crippen molar-refractivity contribution in [2.45, 2.75) is 13.0 Å². The zero-order valence-electron chi connectivity index (χ0n) is 11.6. The third kappa shape index (κ3) is 3.86. The predicted molar refractivity (Wildman–Crippen MR) is 80.1 cm³/mol. The molecule has 1 atom stereocenters. The van der Waals surface area contributed by atoms with Crippen LogP contribution < -0.4 is 16.0 Å². The third-order valence-electron chi connectivity index (χ3n) is 2.97. The monoisotopic (exact) mass is 297 g/mol. The molecule has 0 spiro atoms. The summed E-state index contributed by atoms with van der Waals surface area (Å²) in [7, 11) is -3.10. The minimum Gasteiger partial charge on any atom is -0.382 e. The maximum absolute atomic E-state index is 12.1. The Morgan fingerprint density at radius 3 is 2.60 bits per heavy atom. The number of rotatable bonds is 4. The van der Waals surface area contributed by atoms with Crippen molar-refractivity contribution < 1.29 is 13.2 Å². The van der Waals surface area contributed by atoms with Gasteiger partial charge in [-0.25, -0.2) is 8.42 Å². The van der Waals surface area contributed by atoms with Crippen LogP contribution in [-0.4, -0.2) is 45.5 Å². The summed E-state index contributed by atoms with van der Waals surface area (Å²) in [6.07, 6.45) is 1.16. The van der Waals surface area contributed by atoms with E-state index in [0.717, 1.165) is 30.7 Å². The Morgan fingerprint density at radius 2 is 1.95 bits per heavy atom. The van der Waals surface area contributed by atoms with E-state index in [1.54, 1.807) is 19.1 Å². The second-order valence-corrected chi connectivity index (χ2v) is 7.27. The van der Waals surface area contributed by atoms with E-state index in [-0.39, 0.29) is 11.7 Å². The first-order valence-corrected chi connectivity index (χ1v) is 8.51. The van der Waals surface area contributed by atoms with E-state index in [4.69, 9.17) is 0 Å². The van der Waals surface area contributed by atoms with Gasteiger partial charge >= 0.3 is 0 Å². The molecule has 3 N–H and O–H groups in total. The van der Waals surface area contributed by atoms with Gasteiger partial charge in [0.05, 0.1) is 17.1 Å². The molecule has 0 aliphatic carbocycles. The molecule has 7 heteroatoms. The summed E-state index contributed by atoms with van der Waals surface area (Å²) in [5.41, 5.74) is 2.37. The SMILES string of the molecule is CC(CS(C)(=O)=O)NC(=O)c1ccc2c(c1)NCCN2. The number of fused-ring (bicyclic) bond motifs is 1. The average Bonchev–Trinajstić information content (AvgIpc) is 2.35. The van der Waals surface area contributed by atoms with Gasteiger partial charge in [0, 0.05) is 31.0 Å². The maximum atomic E-state index is 12.1. The molecule has 0 bridgehead atoms. The highest BCUT2D eigenvalue weighted by atomic mass is 32.2. The number of hydrogen-bond acceptors (Lipinski definition) is 5. The molecular formula is C13H19N3O3S. The zero-order valence-corrected chi connectivity index (χ0v) is 12.4. The third-order valence-corrected chi connectivity index (χ3v) is 4.07. The van der Waals surface area contributed by atoms with Crippen molar-refractivity contribution >= 4 is 27.1 Å². The summed E-state index contributed by atoms with van der Waals surface area (Å²) in [6, 6.07) is 4.92. The molecule has 1 aromatic rings. The Balaban J connectivity index is 2.06. The largest absolute Gasteiger partial charge is 0.382 e. The standard InChI is InChI=1S/C13H19N3O3S/c1-9(8-20(2,18)19)16-13(17)10-3-4-11-12(7-10)15-6-5-14-11/h3-4,7,9,14-15H,5-6,8H2,1-2H3,(H,16,17). The van der Waals surface area contributed by atoms with Crippen LogP contribution in [0.2, 0.25) is 0 Å². The number of benzene rings is 1. The van der Waals surface area contributed by atoms with E-state index < -0.39 is 15.9 Å². The van der Waals surface area contributed by atoms with Gasteiger partial charge in [-0.3, -0.25) is 4.79 Å². The van der Waals surface area contributed by atoms with Gasteiger partial charge < -0.3 is 16.0 Å². The lowest BCUT2D eigenvalue weighted by atomic mass is 10.1. The Morgan fingerprint density at radius 1 is 1.30 bits per heavy atom. The van der Waals surface area contributed by atoms with Gasteiger partial charge in [0.2, 0.25) is 0 Å². The highest BCUT2D eigenvalue weighted by Crippen LogP contribution is 2.25. The maximum Gasteiger partial charge on any atom is 0.251 e. The van der Waals surface area contributed by atoms with Gasteiger partial charge in [0.25, 0.3) is 5.91 Å². The van der Waals surface area contributed by atoms with Gasteiger partial charge in [-0.1, -0.05) is 0 Å². The average molecular weight is 297 g/mol. The summed E-state index contributed by atoms with van der Waals surface area (Å²) in [6.45, 7) is 3.34. The number of amides is 1. The molecule has 1 amide bonds. The van der Waals surface area contributed by atoms with Crippen LogP contribution in [0.3, 0.4) is 0 Å². The second-order valence-electron chi connectivity index (χ2n) is 5.08. The van der Waals surface area contributed by atoms with Gasteiger partial charge in [-0.2, -0.15) is 0 Å². The van der Waals surface area contributed by atoms with E-state index in [2.05, 4.69) is 16.0 Å². The van der Waals surface area contributed by atoms with E-state index in [9.17, 15) is 13.2 Å². The molecule has 1 aromatic carbocycles. The lowest BCUT2D eigenvalue weighted by Gasteiger charge is -2.20. The number of carbonyl (C=O) groups excluding carboxylic acids is 1. The van der Waals surface area contributed by atoms with Crippen molar-refractivity contribution in [3.8, 4) is 0 Å². The molecular weight excluding hydrogens is 278 g/mol. The highest BCUT2D eigenvalue weighted by Gasteiger charge is 2.16. The zero-order chi connectivity index (χ0) is 14.8. The molecule has 0 saturated heterocycles. The number of nitrogens with one attached hydrogen (secondary N) is 3.